The van der Waals surface area contributed by atoms with Gasteiger partial charge in [0.1, 0.15) is 11.1 Å². The number of hydrogen-bond donors (Lipinski definition) is 0. The highest BCUT2D eigenvalue weighted by Crippen LogP contribution is 2.34. The van der Waals surface area contributed by atoms with Gasteiger partial charge in [0.25, 0.3) is 0 Å². The summed E-state index contributed by atoms with van der Waals surface area (Å²) in [5, 5.41) is 9.83. The van der Waals surface area contributed by atoms with E-state index in [0.29, 0.717) is 16.5 Å². The number of esters is 1. The van der Waals surface area contributed by atoms with Gasteiger partial charge in [-0.2, -0.15) is 5.26 Å². The first kappa shape index (κ1) is 16.1. The van der Waals surface area contributed by atoms with Crippen molar-refractivity contribution in [3.8, 4) is 6.07 Å². The first-order valence-corrected chi connectivity index (χ1v) is 8.22. The van der Waals surface area contributed by atoms with Crippen molar-refractivity contribution < 1.29 is 9.53 Å². The zero-order chi connectivity index (χ0) is 17.3. The number of thiophene rings is 1. The topological polar surface area (TPSA) is 74.8 Å². The van der Waals surface area contributed by atoms with Crippen molar-refractivity contribution in [1.82, 2.24) is 0 Å². The molecule has 120 valence electrons. The standard InChI is InChI=1S/C18H15N3O2S/c1-10-4-6-13(7-5-10)16-21-15(18(22)23-16)9-20-17-14(8-19)11(2)12(3)24-17/h4-7,9,15H,1-3H3. The molecule has 0 saturated heterocycles. The molecule has 2 heterocycles. The number of carbonyl (C=O) groups is 1. The molecule has 1 unspecified atom stereocenters. The summed E-state index contributed by atoms with van der Waals surface area (Å²) in [5.74, 6) is -0.159. The van der Waals surface area contributed by atoms with E-state index in [-0.39, 0.29) is 0 Å². The Morgan fingerprint density at radius 1 is 1.29 bits per heavy atom. The predicted octanol–water partition coefficient (Wildman–Crippen LogP) is 3.62. The molecule has 2 aromatic rings. The number of hydrogen-bond acceptors (Lipinski definition) is 6. The minimum Gasteiger partial charge on any atom is -0.405 e. The first-order chi connectivity index (χ1) is 11.5. The van der Waals surface area contributed by atoms with E-state index in [2.05, 4.69) is 16.1 Å². The third-order valence-electron chi connectivity index (χ3n) is 3.81. The van der Waals surface area contributed by atoms with Crippen LogP contribution in [0.25, 0.3) is 0 Å². The summed E-state index contributed by atoms with van der Waals surface area (Å²) >= 11 is 1.43. The molecular formula is C18H15N3O2S. The van der Waals surface area contributed by atoms with Gasteiger partial charge in [-0.1, -0.05) is 17.7 Å². The molecule has 1 atom stereocenters. The number of aliphatic imine (C=N–C) groups is 2. The van der Waals surface area contributed by atoms with E-state index >= 15 is 0 Å². The van der Waals surface area contributed by atoms with Crippen LogP contribution in [0.4, 0.5) is 5.00 Å². The third-order valence-corrected chi connectivity index (χ3v) is 4.92. The summed E-state index contributed by atoms with van der Waals surface area (Å²) in [6, 6.07) is 8.97. The van der Waals surface area contributed by atoms with Gasteiger partial charge < -0.3 is 4.74 Å². The average Bonchev–Trinajstić information content (AvgIpc) is 3.06. The second kappa shape index (κ2) is 6.38. The van der Waals surface area contributed by atoms with Crippen molar-refractivity contribution in [1.29, 1.82) is 5.26 Å². The maximum atomic E-state index is 12.0. The maximum absolute atomic E-state index is 12.0. The van der Waals surface area contributed by atoms with Gasteiger partial charge in [-0.3, -0.25) is 0 Å². The van der Waals surface area contributed by atoms with Crippen molar-refractivity contribution in [2.75, 3.05) is 0 Å². The molecule has 0 aliphatic carbocycles. The van der Waals surface area contributed by atoms with Crippen molar-refractivity contribution in [2.24, 2.45) is 9.98 Å². The molecule has 3 rings (SSSR count). The fourth-order valence-corrected chi connectivity index (χ4v) is 3.21. The molecule has 1 aromatic heterocycles. The highest BCUT2D eigenvalue weighted by atomic mass is 32.1. The lowest BCUT2D eigenvalue weighted by molar-refractivity contribution is -0.133. The Morgan fingerprint density at radius 3 is 2.67 bits per heavy atom. The van der Waals surface area contributed by atoms with Crippen LogP contribution < -0.4 is 0 Å². The summed E-state index contributed by atoms with van der Waals surface area (Å²) in [5.41, 5.74) is 3.34. The molecule has 24 heavy (non-hydrogen) atoms. The molecule has 5 nitrogen and oxygen atoms in total. The number of aryl methyl sites for hydroxylation is 2. The lowest BCUT2D eigenvalue weighted by Gasteiger charge is -1.99. The molecule has 1 aromatic carbocycles. The lowest BCUT2D eigenvalue weighted by atomic mass is 10.1. The summed E-state index contributed by atoms with van der Waals surface area (Å²) in [6.45, 7) is 5.82. The van der Waals surface area contributed by atoms with Gasteiger partial charge in [-0.25, -0.2) is 14.8 Å². The molecule has 0 saturated carbocycles. The van der Waals surface area contributed by atoms with Gasteiger partial charge in [-0.05, 0) is 38.5 Å². The summed E-state index contributed by atoms with van der Waals surface area (Å²) in [6.07, 6.45) is 1.44. The minimum atomic E-state index is -0.782. The van der Waals surface area contributed by atoms with Crippen LogP contribution in [-0.4, -0.2) is 24.1 Å². The minimum absolute atomic E-state index is 0.301. The number of cyclic esters (lactones) is 1. The molecule has 0 bridgehead atoms. The highest BCUT2D eigenvalue weighted by Gasteiger charge is 2.28. The molecule has 0 fully saturated rings. The van der Waals surface area contributed by atoms with Crippen LogP contribution in [0.3, 0.4) is 0 Å². The molecular weight excluding hydrogens is 322 g/mol. The Labute approximate surface area is 144 Å². The molecule has 0 spiro atoms. The van der Waals surface area contributed by atoms with E-state index in [1.165, 1.54) is 17.6 Å². The Balaban J connectivity index is 1.85. The van der Waals surface area contributed by atoms with Gasteiger partial charge in [0.2, 0.25) is 5.90 Å². The van der Waals surface area contributed by atoms with E-state index in [9.17, 15) is 10.1 Å². The van der Waals surface area contributed by atoms with Crippen LogP contribution in [0.5, 0.6) is 0 Å². The van der Waals surface area contributed by atoms with Crippen molar-refractivity contribution in [3.05, 3.63) is 51.4 Å². The summed E-state index contributed by atoms with van der Waals surface area (Å²) in [4.78, 5) is 21.6. The van der Waals surface area contributed by atoms with Crippen LogP contribution in [0.15, 0.2) is 34.3 Å². The Hall–Kier alpha value is -2.78. The average molecular weight is 337 g/mol. The zero-order valence-corrected chi connectivity index (χ0v) is 14.3. The second-order valence-electron chi connectivity index (χ2n) is 5.52. The Morgan fingerprint density at radius 2 is 2.00 bits per heavy atom. The number of nitriles is 1. The number of ether oxygens (including phenoxy) is 1. The Kier molecular flexibility index (Phi) is 4.28. The van der Waals surface area contributed by atoms with E-state index in [4.69, 9.17) is 4.74 Å². The van der Waals surface area contributed by atoms with Crippen LogP contribution >= 0.6 is 11.3 Å². The van der Waals surface area contributed by atoms with Crippen molar-refractivity contribution in [2.45, 2.75) is 26.8 Å². The smallest absolute Gasteiger partial charge is 0.343 e. The summed E-state index contributed by atoms with van der Waals surface area (Å²) in [7, 11) is 0. The fraction of sp³-hybridized carbons (Fsp3) is 0.222. The van der Waals surface area contributed by atoms with Crippen LogP contribution in [0, 0.1) is 32.1 Å². The molecule has 6 heteroatoms. The summed E-state index contributed by atoms with van der Waals surface area (Å²) < 4.78 is 5.23. The molecule has 0 radical (unpaired) electrons. The maximum Gasteiger partial charge on any atom is 0.343 e. The number of benzene rings is 1. The lowest BCUT2D eigenvalue weighted by Crippen LogP contribution is -2.16. The molecule has 1 aliphatic rings. The van der Waals surface area contributed by atoms with E-state index in [1.807, 2.05) is 45.0 Å². The van der Waals surface area contributed by atoms with Gasteiger partial charge in [-0.15, -0.1) is 11.3 Å². The van der Waals surface area contributed by atoms with E-state index in [0.717, 1.165) is 21.6 Å². The highest BCUT2D eigenvalue weighted by molar-refractivity contribution is 7.16. The fourth-order valence-electron chi connectivity index (χ4n) is 2.25. The van der Waals surface area contributed by atoms with Crippen LogP contribution in [-0.2, 0) is 9.53 Å². The molecule has 0 N–H and O–H groups in total. The quantitative estimate of drug-likeness (QED) is 0.634. The van der Waals surface area contributed by atoms with Crippen molar-refractivity contribution >= 4 is 34.4 Å². The van der Waals surface area contributed by atoms with Crippen molar-refractivity contribution in [3.63, 3.8) is 0 Å². The zero-order valence-electron chi connectivity index (χ0n) is 13.5. The van der Waals surface area contributed by atoms with Crippen LogP contribution in [0.2, 0.25) is 0 Å². The molecule has 1 aliphatic heterocycles. The first-order valence-electron chi connectivity index (χ1n) is 7.40. The normalized spacial score (nSPS) is 17.0. The third kappa shape index (κ3) is 2.99. The largest absolute Gasteiger partial charge is 0.405 e. The monoisotopic (exact) mass is 337 g/mol. The van der Waals surface area contributed by atoms with Gasteiger partial charge in [0.05, 0.1) is 5.56 Å². The van der Waals surface area contributed by atoms with E-state index < -0.39 is 12.0 Å². The number of nitrogens with zero attached hydrogens (tertiary/aromatic N) is 3. The number of rotatable bonds is 3. The SMILES string of the molecule is Cc1ccc(C2=NC(C=Nc3sc(C)c(C)c3C#N)C(=O)O2)cc1. The van der Waals surface area contributed by atoms with Gasteiger partial charge in [0, 0.05) is 16.7 Å². The van der Waals surface area contributed by atoms with E-state index in [1.54, 1.807) is 0 Å². The van der Waals surface area contributed by atoms with Crippen LogP contribution in [0.1, 0.15) is 27.1 Å². The Bertz CT molecular complexity index is 902. The van der Waals surface area contributed by atoms with Gasteiger partial charge in [0.15, 0.2) is 6.04 Å². The van der Waals surface area contributed by atoms with Gasteiger partial charge >= 0.3 is 5.97 Å². The molecule has 0 amide bonds. The second-order valence-corrected chi connectivity index (χ2v) is 6.72. The number of carbonyl (C=O) groups excluding carboxylic acids is 1. The predicted molar refractivity (Wildman–Crippen MR) is 94.3 cm³/mol.